The van der Waals surface area contributed by atoms with E-state index in [4.69, 9.17) is 23.9 Å². The van der Waals surface area contributed by atoms with Crippen LogP contribution in [0.15, 0.2) is 65.8 Å². The Bertz CT molecular complexity index is 3060. The molecule has 404 valence electrons. The first-order chi connectivity index (χ1) is 36.8. The average Bonchev–Trinajstić information content (AvgIpc) is 4.25. The maximum atomic E-state index is 13.7. The number of piperidine rings is 1. The van der Waals surface area contributed by atoms with Crippen LogP contribution in [0.2, 0.25) is 0 Å². The number of piperazine rings is 1. The lowest BCUT2D eigenvalue weighted by Crippen LogP contribution is -2.54. The van der Waals surface area contributed by atoms with Crippen molar-refractivity contribution in [2.24, 2.45) is 0 Å². The van der Waals surface area contributed by atoms with Crippen molar-refractivity contribution in [3.05, 3.63) is 83.4 Å². The number of aromatic nitrogens is 6. The fourth-order valence-corrected chi connectivity index (χ4v) is 11.1. The van der Waals surface area contributed by atoms with E-state index >= 15 is 0 Å². The van der Waals surface area contributed by atoms with Crippen LogP contribution in [0.3, 0.4) is 0 Å². The maximum absolute atomic E-state index is 13.7. The van der Waals surface area contributed by atoms with E-state index in [1.807, 2.05) is 10.6 Å². The van der Waals surface area contributed by atoms with Crippen molar-refractivity contribution in [2.75, 3.05) is 110 Å². The van der Waals surface area contributed by atoms with E-state index in [0.717, 1.165) is 40.7 Å². The number of imide groups is 2. The van der Waals surface area contributed by atoms with E-state index in [2.05, 4.69) is 36.1 Å². The van der Waals surface area contributed by atoms with Crippen LogP contribution in [0.4, 0.5) is 17.3 Å². The second kappa shape index (κ2) is 24.3. The zero-order valence-electron chi connectivity index (χ0n) is 42.3. The number of nitrogens with one attached hydrogen (secondary N) is 3. The van der Waals surface area contributed by atoms with Gasteiger partial charge in [0.1, 0.15) is 24.0 Å². The molecule has 9 rings (SSSR count). The predicted molar refractivity (Wildman–Crippen MR) is 272 cm³/mol. The van der Waals surface area contributed by atoms with Crippen LogP contribution in [-0.2, 0) is 45.1 Å². The Hall–Kier alpha value is -7.07. The molecule has 25 nitrogen and oxygen atoms in total. The lowest BCUT2D eigenvalue weighted by Gasteiger charge is -2.33. The number of hydrogen-bond donors (Lipinski definition) is 3. The van der Waals surface area contributed by atoms with Crippen LogP contribution in [0, 0.1) is 0 Å². The summed E-state index contributed by atoms with van der Waals surface area (Å²) in [5.74, 6) is -2.42. The number of ether oxygens (including phenoxy) is 4. The van der Waals surface area contributed by atoms with Crippen LogP contribution in [0.1, 0.15) is 86.3 Å². The van der Waals surface area contributed by atoms with Gasteiger partial charge in [-0.3, -0.25) is 43.9 Å². The monoisotopic (exact) mass is 1070 g/mol. The molecule has 3 aliphatic heterocycles. The minimum atomic E-state index is -3.78. The van der Waals surface area contributed by atoms with Crippen LogP contribution >= 0.6 is 0 Å². The Morgan fingerprint density at radius 1 is 0.842 bits per heavy atom. The molecule has 0 radical (unpaired) electrons. The Morgan fingerprint density at radius 2 is 1.54 bits per heavy atom. The van der Waals surface area contributed by atoms with Gasteiger partial charge in [0.25, 0.3) is 23.6 Å². The number of nitrogens with zero attached hydrogens (tertiary/aromatic N) is 10. The summed E-state index contributed by atoms with van der Waals surface area (Å²) in [5, 5.41) is 17.4. The average molecular weight is 1070 g/mol. The Kier molecular flexibility index (Phi) is 17.2. The van der Waals surface area contributed by atoms with Gasteiger partial charge in [-0.1, -0.05) is 24.1 Å². The molecule has 1 unspecified atom stereocenters. The number of carbonyl (C=O) groups excluding carboxylic acids is 6. The number of carbonyl (C=O) groups is 6. The lowest BCUT2D eigenvalue weighted by atomic mass is 10.0. The minimum absolute atomic E-state index is 0.0420. The molecule has 26 heteroatoms. The van der Waals surface area contributed by atoms with Crippen LogP contribution in [0.5, 0.6) is 0 Å². The third kappa shape index (κ3) is 12.3. The van der Waals surface area contributed by atoms with E-state index in [0.29, 0.717) is 87.0 Å². The van der Waals surface area contributed by atoms with Crippen molar-refractivity contribution in [2.45, 2.75) is 62.0 Å². The van der Waals surface area contributed by atoms with Gasteiger partial charge < -0.3 is 39.0 Å². The summed E-state index contributed by atoms with van der Waals surface area (Å²) < 4.78 is 54.1. The fourth-order valence-electron chi connectivity index (χ4n) is 9.64. The van der Waals surface area contributed by atoms with Gasteiger partial charge >= 0.3 is 0 Å². The van der Waals surface area contributed by atoms with Gasteiger partial charge in [-0.2, -0.15) is 14.0 Å². The normalized spacial score (nSPS) is 17.7. The Morgan fingerprint density at radius 3 is 2.24 bits per heavy atom. The number of rotatable bonds is 24. The summed E-state index contributed by atoms with van der Waals surface area (Å²) in [6, 6.07) is 12.3. The van der Waals surface area contributed by atoms with Crippen molar-refractivity contribution in [3.8, 4) is 0 Å². The lowest BCUT2D eigenvalue weighted by molar-refractivity contribution is -0.136. The van der Waals surface area contributed by atoms with Crippen molar-refractivity contribution < 1.29 is 56.1 Å². The number of benzene rings is 2. The van der Waals surface area contributed by atoms with Gasteiger partial charge in [0.15, 0.2) is 0 Å². The molecule has 1 atom stereocenters. The summed E-state index contributed by atoms with van der Waals surface area (Å²) in [7, 11) is -0.313. The van der Waals surface area contributed by atoms with E-state index in [1.165, 1.54) is 16.6 Å². The molecule has 2 aromatic carbocycles. The molecule has 0 bridgehead atoms. The van der Waals surface area contributed by atoms with Gasteiger partial charge in [-0.25, -0.2) is 13.4 Å². The van der Waals surface area contributed by atoms with Crippen LogP contribution in [0.25, 0.3) is 11.0 Å². The minimum Gasteiger partial charge on any atom is -0.382 e. The maximum Gasteiger partial charge on any atom is 0.274 e. The van der Waals surface area contributed by atoms with Crippen molar-refractivity contribution in [3.63, 3.8) is 0 Å². The van der Waals surface area contributed by atoms with Gasteiger partial charge in [0.2, 0.25) is 27.8 Å². The Labute approximate surface area is 438 Å². The molecular formula is C50H61N13O12S. The summed E-state index contributed by atoms with van der Waals surface area (Å²) >= 11 is 0. The second-order valence-electron chi connectivity index (χ2n) is 18.9. The molecular weight excluding hydrogens is 1010 g/mol. The predicted octanol–water partition coefficient (Wildman–Crippen LogP) is 2.31. The van der Waals surface area contributed by atoms with Gasteiger partial charge in [-0.05, 0) is 61.7 Å². The van der Waals surface area contributed by atoms with E-state index in [-0.39, 0.29) is 80.3 Å². The molecule has 1 saturated carbocycles. The first-order valence-corrected chi connectivity index (χ1v) is 26.7. The molecule has 6 heterocycles. The first kappa shape index (κ1) is 53.7. The molecule has 3 aromatic heterocycles. The van der Waals surface area contributed by atoms with Gasteiger partial charge in [0, 0.05) is 88.8 Å². The van der Waals surface area contributed by atoms with E-state index in [1.54, 1.807) is 61.6 Å². The van der Waals surface area contributed by atoms with E-state index in [9.17, 15) is 37.2 Å². The molecule has 76 heavy (non-hydrogen) atoms. The second-order valence-corrected chi connectivity index (χ2v) is 20.8. The number of amides is 5. The summed E-state index contributed by atoms with van der Waals surface area (Å²) in [5.41, 5.74) is 3.26. The molecule has 2 saturated heterocycles. The number of anilines is 3. The quantitative estimate of drug-likeness (QED) is 0.0590. The smallest absolute Gasteiger partial charge is 0.274 e. The zero-order valence-corrected chi connectivity index (χ0v) is 43.2. The number of fused-ring (bicyclic) bond motifs is 2. The van der Waals surface area contributed by atoms with Crippen LogP contribution in [-0.4, -0.2) is 198 Å². The van der Waals surface area contributed by atoms with Gasteiger partial charge in [0.05, 0.1) is 74.2 Å². The highest BCUT2D eigenvalue weighted by Crippen LogP contribution is 2.36. The zero-order chi connectivity index (χ0) is 53.3. The molecule has 5 aromatic rings. The molecule has 3 N–H and O–H groups in total. The van der Waals surface area contributed by atoms with Crippen LogP contribution < -0.4 is 16.0 Å². The highest BCUT2D eigenvalue weighted by molar-refractivity contribution is 7.89. The third-order valence-electron chi connectivity index (χ3n) is 13.5. The SMILES string of the molecule is CN(C)C(=O)c1cc2cnc(Nc3ccc(S(=O)(=O)N4CCN(Cc5cn(C(=O)COCCOCCOCCOCCNc6cccc7c6C(=O)N(C6CCC(=O)NC6=O)C7=O)nn5)CC4)cc3)nc2n1C1CCCC1. The number of sulfonamides is 1. The van der Waals surface area contributed by atoms with Crippen molar-refractivity contribution in [1.82, 2.24) is 53.9 Å². The Balaban J connectivity index is 0.618. The molecule has 4 aliphatic rings. The molecule has 0 spiro atoms. The summed E-state index contributed by atoms with van der Waals surface area (Å²) in [6.45, 7) is 3.85. The molecule has 3 fully saturated rings. The molecule has 5 amide bonds. The standard InChI is InChI=1S/C50H61N13O12S/c1-58(2)48(68)41-28-33-29-52-50(55-45(33)62(41)36-6-3-4-7-36)53-34-10-12-37(13-11-34)76(70,71)60-19-17-59(18-20-60)30-35-31-61(57-56-35)43(65)32-75-27-26-74-25-24-73-23-22-72-21-16-51-39-9-5-8-38-44(39)49(69)63(47(38)67)40-14-15-42(64)54-46(40)66/h5,8-13,28-29,31,36,40,51H,3-4,6-7,14-27,30,32H2,1-2H3,(H,52,53,55)(H,54,64,66). The highest BCUT2D eigenvalue weighted by atomic mass is 32.2. The van der Waals surface area contributed by atoms with Crippen molar-refractivity contribution in [1.29, 1.82) is 0 Å². The largest absolute Gasteiger partial charge is 0.382 e. The molecule has 1 aliphatic carbocycles. The number of hydrogen-bond acceptors (Lipinski definition) is 19. The third-order valence-corrected chi connectivity index (χ3v) is 15.4. The topological polar surface area (TPSA) is 284 Å². The van der Waals surface area contributed by atoms with Gasteiger partial charge in [-0.15, -0.1) is 5.10 Å². The summed E-state index contributed by atoms with van der Waals surface area (Å²) in [4.78, 5) is 90.1. The summed E-state index contributed by atoms with van der Waals surface area (Å²) in [6.07, 6.45) is 7.49. The fraction of sp³-hybridized carbons (Fsp3) is 0.480. The highest BCUT2D eigenvalue weighted by Gasteiger charge is 2.45. The van der Waals surface area contributed by atoms with E-state index < -0.39 is 45.6 Å². The van der Waals surface area contributed by atoms with Crippen molar-refractivity contribution >= 4 is 73.8 Å². The first-order valence-electron chi connectivity index (χ1n) is 25.3.